The summed E-state index contributed by atoms with van der Waals surface area (Å²) in [6.07, 6.45) is 1.14. The summed E-state index contributed by atoms with van der Waals surface area (Å²) in [6, 6.07) is 11.0. The van der Waals surface area contributed by atoms with E-state index in [1.54, 1.807) is 7.11 Å². The highest BCUT2D eigenvalue weighted by atomic mass is 32.1. The molecule has 5 nitrogen and oxygen atoms in total. The van der Waals surface area contributed by atoms with Crippen LogP contribution in [0.3, 0.4) is 0 Å². The molecule has 0 saturated carbocycles. The van der Waals surface area contributed by atoms with Gasteiger partial charge in [-0.15, -0.1) is 16.4 Å². The molecule has 28 heavy (non-hydrogen) atoms. The van der Waals surface area contributed by atoms with E-state index in [0.29, 0.717) is 6.04 Å². The minimum atomic E-state index is 0.246. The number of benzene rings is 1. The van der Waals surface area contributed by atoms with Crippen LogP contribution in [0, 0.1) is 4.77 Å². The predicted octanol–water partition coefficient (Wildman–Crippen LogP) is 3.89. The number of hydrogen-bond acceptors (Lipinski definition) is 4. The van der Waals surface area contributed by atoms with E-state index < -0.39 is 0 Å². The maximum Gasteiger partial charge on any atom is 0.203 e. The van der Waals surface area contributed by atoms with Gasteiger partial charge in [-0.2, -0.15) is 4.68 Å². The average Bonchev–Trinajstić information content (AvgIpc) is 3.29. The zero-order chi connectivity index (χ0) is 19.8. The lowest BCUT2D eigenvalue weighted by atomic mass is 10.0. The molecule has 0 bridgehead atoms. The molecule has 3 aromatic rings. The fraction of sp³-hybridized carbons (Fsp3) is 0.429. The Balaban J connectivity index is 1.67. The van der Waals surface area contributed by atoms with E-state index in [2.05, 4.69) is 36.8 Å². The van der Waals surface area contributed by atoms with Crippen molar-refractivity contribution in [2.45, 2.75) is 45.9 Å². The van der Waals surface area contributed by atoms with Crippen LogP contribution in [-0.2, 0) is 13.1 Å². The summed E-state index contributed by atoms with van der Waals surface area (Å²) in [7, 11) is 1.68. The summed E-state index contributed by atoms with van der Waals surface area (Å²) < 4.78 is 10.2. The van der Waals surface area contributed by atoms with Gasteiger partial charge in [0, 0.05) is 28.5 Å². The lowest BCUT2D eigenvalue weighted by Crippen LogP contribution is -3.12. The van der Waals surface area contributed by atoms with Crippen molar-refractivity contribution in [2.75, 3.05) is 13.7 Å². The van der Waals surface area contributed by atoms with Crippen molar-refractivity contribution in [2.24, 2.45) is 0 Å². The number of hydrogen-bond donors (Lipinski definition) is 1. The van der Waals surface area contributed by atoms with E-state index in [1.807, 2.05) is 40.3 Å². The van der Waals surface area contributed by atoms with E-state index in [9.17, 15) is 0 Å². The van der Waals surface area contributed by atoms with Crippen LogP contribution < -0.4 is 9.64 Å². The Hall–Kier alpha value is -1.96. The first kappa shape index (κ1) is 19.4. The van der Waals surface area contributed by atoms with Crippen LogP contribution in [0.4, 0.5) is 0 Å². The highest BCUT2D eigenvalue weighted by Crippen LogP contribution is 2.26. The number of methoxy groups -OCH3 is 1. The first-order valence-electron chi connectivity index (χ1n) is 9.74. The van der Waals surface area contributed by atoms with Crippen LogP contribution in [0.2, 0.25) is 0 Å². The standard InChI is InChI=1S/C21H26N4OS2/c1-14(2)25-20(16-5-7-17(26-4)8-6-16)22-24(21(25)27)13-23-11-9-19-18(15(23)3)10-12-28-19/h5-8,10,12,14-15H,9,11,13H2,1-4H3/p+1/t15-/m0/s1. The molecule has 4 rings (SSSR count). The van der Waals surface area contributed by atoms with Crippen LogP contribution in [0.25, 0.3) is 11.4 Å². The second kappa shape index (κ2) is 7.81. The van der Waals surface area contributed by atoms with Crippen LogP contribution in [-0.4, -0.2) is 28.0 Å². The van der Waals surface area contributed by atoms with Gasteiger partial charge in [0.05, 0.1) is 13.7 Å². The van der Waals surface area contributed by atoms with Crippen LogP contribution >= 0.6 is 23.6 Å². The summed E-state index contributed by atoms with van der Waals surface area (Å²) in [5.41, 5.74) is 2.54. The predicted molar refractivity (Wildman–Crippen MR) is 116 cm³/mol. The van der Waals surface area contributed by atoms with Gasteiger partial charge in [0.25, 0.3) is 0 Å². The zero-order valence-corrected chi connectivity index (χ0v) is 18.4. The zero-order valence-electron chi connectivity index (χ0n) is 16.8. The molecular weight excluding hydrogens is 388 g/mol. The summed E-state index contributed by atoms with van der Waals surface area (Å²) in [5, 5.41) is 7.16. The molecule has 0 fully saturated rings. The maximum atomic E-state index is 5.83. The van der Waals surface area contributed by atoms with Gasteiger partial charge >= 0.3 is 0 Å². The number of nitrogens with one attached hydrogen (secondary N) is 1. The molecule has 148 valence electrons. The fourth-order valence-corrected chi connectivity index (χ4v) is 5.37. The SMILES string of the molecule is COc1ccc(-c2nn(C[NH+]3CCc4sccc4[C@@H]3C)c(=S)n2C(C)C)cc1. The monoisotopic (exact) mass is 415 g/mol. The van der Waals surface area contributed by atoms with Gasteiger partial charge in [0.15, 0.2) is 12.5 Å². The van der Waals surface area contributed by atoms with Gasteiger partial charge in [-0.05, 0) is 68.7 Å². The molecule has 2 aromatic heterocycles. The molecular formula is C21H27N4OS2+. The molecule has 1 unspecified atom stereocenters. The van der Waals surface area contributed by atoms with Gasteiger partial charge in [0.1, 0.15) is 11.8 Å². The van der Waals surface area contributed by atoms with Crippen LogP contribution in [0.15, 0.2) is 35.7 Å². The minimum Gasteiger partial charge on any atom is -0.497 e. The highest BCUT2D eigenvalue weighted by Gasteiger charge is 2.29. The Labute approximate surface area is 175 Å². The Morgan fingerprint density at radius 2 is 2.04 bits per heavy atom. The fourth-order valence-electron chi connectivity index (χ4n) is 3.98. The van der Waals surface area contributed by atoms with Gasteiger partial charge in [-0.3, -0.25) is 4.57 Å². The molecule has 0 spiro atoms. The van der Waals surface area contributed by atoms with Crippen molar-refractivity contribution in [1.29, 1.82) is 0 Å². The molecule has 3 heterocycles. The van der Waals surface area contributed by atoms with E-state index >= 15 is 0 Å². The average molecular weight is 416 g/mol. The number of nitrogens with zero attached hydrogens (tertiary/aromatic N) is 3. The first-order valence-corrected chi connectivity index (χ1v) is 11.0. The van der Waals surface area contributed by atoms with Gasteiger partial charge in [-0.25, -0.2) is 0 Å². The summed E-state index contributed by atoms with van der Waals surface area (Å²) in [5.74, 6) is 1.76. The highest BCUT2D eigenvalue weighted by molar-refractivity contribution is 7.71. The molecule has 1 aliphatic rings. The van der Waals surface area contributed by atoms with Crippen LogP contribution in [0.1, 0.15) is 43.3 Å². The van der Waals surface area contributed by atoms with E-state index in [1.165, 1.54) is 15.3 Å². The summed E-state index contributed by atoms with van der Waals surface area (Å²) >= 11 is 7.71. The second-order valence-corrected chi connectivity index (χ2v) is 9.00. The van der Waals surface area contributed by atoms with E-state index in [-0.39, 0.29) is 6.04 Å². The molecule has 0 radical (unpaired) electrons. The van der Waals surface area contributed by atoms with Crippen molar-refractivity contribution in [3.63, 3.8) is 0 Å². The van der Waals surface area contributed by atoms with E-state index in [0.717, 1.165) is 41.5 Å². The van der Waals surface area contributed by atoms with Crippen LogP contribution in [0.5, 0.6) is 5.75 Å². The number of fused-ring (bicyclic) bond motifs is 1. The Kier molecular flexibility index (Phi) is 5.40. The normalized spacial score (nSPS) is 19.0. The molecule has 1 aliphatic heterocycles. The lowest BCUT2D eigenvalue weighted by molar-refractivity contribution is -0.954. The molecule has 1 aromatic carbocycles. The van der Waals surface area contributed by atoms with Crippen molar-refractivity contribution >= 4 is 23.6 Å². The third-order valence-electron chi connectivity index (χ3n) is 5.62. The van der Waals surface area contributed by atoms with Gasteiger partial charge in [-0.1, -0.05) is 0 Å². The first-order chi connectivity index (χ1) is 13.5. The largest absolute Gasteiger partial charge is 0.497 e. The Bertz CT molecular complexity index is 1020. The topological polar surface area (TPSA) is 36.4 Å². The molecule has 2 atom stereocenters. The quantitative estimate of drug-likeness (QED) is 0.642. The third kappa shape index (κ3) is 3.43. The number of thiophene rings is 1. The minimum absolute atomic E-state index is 0.246. The Morgan fingerprint density at radius 1 is 1.29 bits per heavy atom. The molecule has 0 saturated heterocycles. The second-order valence-electron chi connectivity index (χ2n) is 7.64. The van der Waals surface area contributed by atoms with Gasteiger partial charge < -0.3 is 9.64 Å². The third-order valence-corrected chi connectivity index (χ3v) is 7.02. The lowest BCUT2D eigenvalue weighted by Gasteiger charge is -2.30. The maximum absolute atomic E-state index is 5.83. The number of quaternary nitrogens is 1. The van der Waals surface area contributed by atoms with Gasteiger partial charge in [0.2, 0.25) is 4.77 Å². The molecule has 1 N–H and O–H groups in total. The van der Waals surface area contributed by atoms with E-state index in [4.69, 9.17) is 22.1 Å². The van der Waals surface area contributed by atoms with Crippen molar-refractivity contribution < 1.29 is 9.64 Å². The Morgan fingerprint density at radius 3 is 2.71 bits per heavy atom. The summed E-state index contributed by atoms with van der Waals surface area (Å²) in [4.78, 5) is 3.04. The molecule has 0 amide bonds. The summed E-state index contributed by atoms with van der Waals surface area (Å²) in [6.45, 7) is 8.53. The molecule has 7 heteroatoms. The van der Waals surface area contributed by atoms with Crippen molar-refractivity contribution in [1.82, 2.24) is 14.3 Å². The van der Waals surface area contributed by atoms with Crippen molar-refractivity contribution in [3.05, 3.63) is 50.9 Å². The number of rotatable bonds is 5. The number of aromatic nitrogens is 3. The molecule has 0 aliphatic carbocycles. The van der Waals surface area contributed by atoms with Crippen molar-refractivity contribution in [3.8, 4) is 17.1 Å². The number of ether oxygens (including phenoxy) is 1. The smallest absolute Gasteiger partial charge is 0.203 e.